The molecule has 1 unspecified atom stereocenters. The van der Waals surface area contributed by atoms with Crippen LogP contribution in [0.25, 0.3) is 0 Å². The van der Waals surface area contributed by atoms with E-state index in [0.717, 1.165) is 18.9 Å². The SMILES string of the molecule is CCC(C)CCNO. The van der Waals surface area contributed by atoms with Crippen LogP contribution in [0.5, 0.6) is 0 Å². The van der Waals surface area contributed by atoms with E-state index in [1.165, 1.54) is 6.42 Å². The highest BCUT2D eigenvalue weighted by molar-refractivity contribution is 4.48. The predicted octanol–water partition coefficient (Wildman–Crippen LogP) is 1.40. The first-order chi connectivity index (χ1) is 3.81. The molecular weight excluding hydrogens is 102 g/mol. The maximum atomic E-state index is 8.16. The number of hydrogen-bond donors (Lipinski definition) is 2. The summed E-state index contributed by atoms with van der Waals surface area (Å²) in [4.78, 5) is 0. The lowest BCUT2D eigenvalue weighted by molar-refractivity contribution is 0.160. The van der Waals surface area contributed by atoms with Crippen molar-refractivity contribution in [3.05, 3.63) is 0 Å². The molecule has 2 nitrogen and oxygen atoms in total. The van der Waals surface area contributed by atoms with Crippen LogP contribution >= 0.6 is 0 Å². The molecule has 0 heterocycles. The van der Waals surface area contributed by atoms with Crippen molar-refractivity contribution in [3.63, 3.8) is 0 Å². The van der Waals surface area contributed by atoms with Gasteiger partial charge in [0.1, 0.15) is 0 Å². The van der Waals surface area contributed by atoms with E-state index in [2.05, 4.69) is 19.3 Å². The second-order valence-corrected chi connectivity index (χ2v) is 2.21. The number of nitrogens with one attached hydrogen (secondary N) is 1. The average Bonchev–Trinajstić information content (AvgIpc) is 1.83. The molecule has 0 spiro atoms. The molecule has 0 rings (SSSR count). The monoisotopic (exact) mass is 117 g/mol. The van der Waals surface area contributed by atoms with Gasteiger partial charge < -0.3 is 5.21 Å². The van der Waals surface area contributed by atoms with Crippen molar-refractivity contribution < 1.29 is 5.21 Å². The fourth-order valence-electron chi connectivity index (χ4n) is 0.515. The Labute approximate surface area is 50.9 Å². The summed E-state index contributed by atoms with van der Waals surface area (Å²) in [5.41, 5.74) is 2.13. The Morgan fingerprint density at radius 3 is 2.62 bits per heavy atom. The second kappa shape index (κ2) is 5.06. The molecule has 0 aliphatic rings. The van der Waals surface area contributed by atoms with Crippen LogP contribution in [0.4, 0.5) is 0 Å². The summed E-state index contributed by atoms with van der Waals surface area (Å²) in [5, 5.41) is 8.16. The van der Waals surface area contributed by atoms with Crippen molar-refractivity contribution >= 4 is 0 Å². The van der Waals surface area contributed by atoms with E-state index < -0.39 is 0 Å². The van der Waals surface area contributed by atoms with Gasteiger partial charge in [0.25, 0.3) is 0 Å². The van der Waals surface area contributed by atoms with Gasteiger partial charge in [0.2, 0.25) is 0 Å². The van der Waals surface area contributed by atoms with Gasteiger partial charge in [0.15, 0.2) is 0 Å². The molecular formula is C6H15NO. The largest absolute Gasteiger partial charge is 0.317 e. The Kier molecular flexibility index (Phi) is 5.01. The van der Waals surface area contributed by atoms with Crippen LogP contribution < -0.4 is 5.48 Å². The predicted molar refractivity (Wildman–Crippen MR) is 33.9 cm³/mol. The zero-order valence-electron chi connectivity index (χ0n) is 5.65. The highest BCUT2D eigenvalue weighted by atomic mass is 16.5. The third kappa shape index (κ3) is 4.09. The standard InChI is InChI=1S/C6H15NO/c1-3-6(2)4-5-7-8/h6-8H,3-5H2,1-2H3. The lowest BCUT2D eigenvalue weighted by Crippen LogP contribution is -2.11. The first-order valence-electron chi connectivity index (χ1n) is 3.18. The highest BCUT2D eigenvalue weighted by Gasteiger charge is 1.94. The van der Waals surface area contributed by atoms with Crippen LogP contribution in [0.2, 0.25) is 0 Å². The summed E-state index contributed by atoms with van der Waals surface area (Å²) >= 11 is 0. The van der Waals surface area contributed by atoms with Crippen LogP contribution in [-0.2, 0) is 0 Å². The lowest BCUT2D eigenvalue weighted by atomic mass is 10.1. The van der Waals surface area contributed by atoms with Crippen LogP contribution in [0, 0.1) is 5.92 Å². The van der Waals surface area contributed by atoms with E-state index >= 15 is 0 Å². The van der Waals surface area contributed by atoms with Crippen molar-refractivity contribution in [3.8, 4) is 0 Å². The number of hydroxylamine groups is 1. The molecule has 0 amide bonds. The van der Waals surface area contributed by atoms with Gasteiger partial charge in [-0.2, -0.15) is 0 Å². The first-order valence-corrected chi connectivity index (χ1v) is 3.18. The molecule has 0 aromatic heterocycles. The van der Waals surface area contributed by atoms with Crippen molar-refractivity contribution in [2.24, 2.45) is 5.92 Å². The average molecular weight is 117 g/mol. The molecule has 0 aromatic carbocycles. The molecule has 0 fully saturated rings. The number of rotatable bonds is 4. The van der Waals surface area contributed by atoms with Crippen LogP contribution in [-0.4, -0.2) is 11.8 Å². The Bertz CT molecular complexity index is 47.8. The van der Waals surface area contributed by atoms with E-state index in [9.17, 15) is 0 Å². The molecule has 0 aliphatic heterocycles. The Morgan fingerprint density at radius 1 is 1.62 bits per heavy atom. The van der Waals surface area contributed by atoms with Crippen molar-refractivity contribution in [2.75, 3.05) is 6.54 Å². The normalized spacial score (nSPS) is 13.9. The Hall–Kier alpha value is -0.0800. The summed E-state index contributed by atoms with van der Waals surface area (Å²) in [6, 6.07) is 0. The van der Waals surface area contributed by atoms with Crippen molar-refractivity contribution in [1.82, 2.24) is 5.48 Å². The summed E-state index contributed by atoms with van der Waals surface area (Å²) in [6.07, 6.45) is 2.26. The van der Waals surface area contributed by atoms with Gasteiger partial charge in [-0.25, -0.2) is 5.48 Å². The van der Waals surface area contributed by atoms with E-state index in [1.54, 1.807) is 0 Å². The van der Waals surface area contributed by atoms with Gasteiger partial charge in [-0.3, -0.25) is 0 Å². The molecule has 0 aromatic rings. The molecule has 50 valence electrons. The molecule has 0 saturated carbocycles. The topological polar surface area (TPSA) is 32.3 Å². The third-order valence-corrected chi connectivity index (χ3v) is 1.45. The van der Waals surface area contributed by atoms with Gasteiger partial charge in [0.05, 0.1) is 0 Å². The van der Waals surface area contributed by atoms with Crippen molar-refractivity contribution in [2.45, 2.75) is 26.7 Å². The van der Waals surface area contributed by atoms with E-state index in [4.69, 9.17) is 5.21 Å². The van der Waals surface area contributed by atoms with Crippen LogP contribution in [0.3, 0.4) is 0 Å². The molecule has 0 saturated heterocycles. The maximum absolute atomic E-state index is 8.16. The molecule has 2 heteroatoms. The summed E-state index contributed by atoms with van der Waals surface area (Å²) in [5.74, 6) is 0.731. The fraction of sp³-hybridized carbons (Fsp3) is 1.00. The lowest BCUT2D eigenvalue weighted by Gasteiger charge is -2.04. The minimum Gasteiger partial charge on any atom is -0.317 e. The second-order valence-electron chi connectivity index (χ2n) is 2.21. The molecule has 0 radical (unpaired) electrons. The van der Waals surface area contributed by atoms with E-state index in [0.29, 0.717) is 0 Å². The summed E-state index contributed by atoms with van der Waals surface area (Å²) in [6.45, 7) is 5.05. The van der Waals surface area contributed by atoms with Gasteiger partial charge in [-0.05, 0) is 12.3 Å². The maximum Gasteiger partial charge on any atom is 0.0210 e. The van der Waals surface area contributed by atoms with Crippen molar-refractivity contribution in [1.29, 1.82) is 0 Å². The van der Waals surface area contributed by atoms with Gasteiger partial charge in [0, 0.05) is 6.54 Å². The number of hydrogen-bond acceptors (Lipinski definition) is 2. The highest BCUT2D eigenvalue weighted by Crippen LogP contribution is 2.03. The molecule has 8 heavy (non-hydrogen) atoms. The van der Waals surface area contributed by atoms with Gasteiger partial charge in [-0.1, -0.05) is 20.3 Å². The van der Waals surface area contributed by atoms with E-state index in [1.807, 2.05) is 0 Å². The first kappa shape index (κ1) is 7.92. The van der Waals surface area contributed by atoms with E-state index in [-0.39, 0.29) is 0 Å². The molecule has 0 bridgehead atoms. The summed E-state index contributed by atoms with van der Waals surface area (Å²) < 4.78 is 0. The molecule has 2 N–H and O–H groups in total. The quantitative estimate of drug-likeness (QED) is 0.545. The minimum atomic E-state index is 0.717. The molecule has 0 aliphatic carbocycles. The molecule has 1 atom stereocenters. The van der Waals surface area contributed by atoms with Gasteiger partial charge >= 0.3 is 0 Å². The zero-order valence-corrected chi connectivity index (χ0v) is 5.65. The minimum absolute atomic E-state index is 0.717. The summed E-state index contributed by atoms with van der Waals surface area (Å²) in [7, 11) is 0. The fourth-order valence-corrected chi connectivity index (χ4v) is 0.515. The van der Waals surface area contributed by atoms with Crippen LogP contribution in [0.1, 0.15) is 26.7 Å². The third-order valence-electron chi connectivity index (χ3n) is 1.45. The zero-order chi connectivity index (χ0) is 6.41. The Balaban J connectivity index is 2.86. The van der Waals surface area contributed by atoms with Gasteiger partial charge in [-0.15, -0.1) is 0 Å². The smallest absolute Gasteiger partial charge is 0.0210 e. The van der Waals surface area contributed by atoms with Crippen LogP contribution in [0.15, 0.2) is 0 Å². The Morgan fingerprint density at radius 2 is 2.25 bits per heavy atom.